The van der Waals surface area contributed by atoms with Gasteiger partial charge in [-0.05, 0) is 12.8 Å². The number of hydrogen-bond donors (Lipinski definition) is 0. The molecule has 2 aliphatic rings. The highest BCUT2D eigenvalue weighted by molar-refractivity contribution is 5.69. The van der Waals surface area contributed by atoms with Crippen molar-refractivity contribution in [2.75, 3.05) is 6.61 Å². The minimum atomic E-state index is -3.23. The van der Waals surface area contributed by atoms with Crippen molar-refractivity contribution in [3.63, 3.8) is 0 Å². The monoisotopic (exact) mass is 306 g/mol. The van der Waals surface area contributed by atoms with E-state index in [1.165, 1.54) is 0 Å². The van der Waals surface area contributed by atoms with Crippen LogP contribution in [-0.4, -0.2) is 22.4 Å². The quantitative estimate of drug-likeness (QED) is 0.634. The first-order chi connectivity index (χ1) is 9.80. The molecule has 1 aromatic rings. The molecule has 1 unspecified atom stereocenters. The molecule has 0 radical (unpaired) electrons. The highest BCUT2D eigenvalue weighted by Gasteiger charge is 2.71. The molecule has 0 aromatic carbocycles. The van der Waals surface area contributed by atoms with Crippen LogP contribution in [0.1, 0.15) is 43.1 Å². The minimum Gasteiger partial charge on any atom is -0.465 e. The fourth-order valence-electron chi connectivity index (χ4n) is 3.40. The molecule has 0 saturated heterocycles. The zero-order valence-electron chi connectivity index (χ0n) is 11.4. The number of carbonyl (C=O) groups is 1. The number of aromatic nitrogens is 2. The van der Waals surface area contributed by atoms with Crippen molar-refractivity contribution in [3.05, 3.63) is 17.0 Å². The molecule has 8 heteroatoms. The molecule has 116 valence electrons. The fraction of sp³-hybridized carbons (Fsp3) is 0.692. The molecular weight excluding hydrogens is 292 g/mol. The van der Waals surface area contributed by atoms with E-state index in [2.05, 4.69) is 9.84 Å². The summed E-state index contributed by atoms with van der Waals surface area (Å²) in [5.41, 5.74) is -1.25. The van der Waals surface area contributed by atoms with Crippen molar-refractivity contribution in [2.45, 2.75) is 38.7 Å². The molecule has 3 atom stereocenters. The minimum absolute atomic E-state index is 0.0724. The van der Waals surface area contributed by atoms with Crippen LogP contribution in [0.2, 0.25) is 0 Å². The largest absolute Gasteiger partial charge is 0.465 e. The third-order valence-corrected chi connectivity index (χ3v) is 4.26. The second kappa shape index (κ2) is 4.45. The lowest BCUT2D eigenvalue weighted by molar-refractivity contribution is -0.144. The standard InChI is InChI=1S/C13H14F4N2O2/c1-3-21-6(20)4-19-11-8(10(18-19)12(14)15)7-5(2)9(7)13(11,16)17/h5,7,9,12H,3-4H2,1-2H3/t5-,7?,9-/m0/s1. The molecule has 0 bridgehead atoms. The highest BCUT2D eigenvalue weighted by atomic mass is 19.3. The number of halogens is 4. The van der Waals surface area contributed by atoms with Gasteiger partial charge in [-0.15, -0.1) is 0 Å². The SMILES string of the molecule is CCOC(=O)Cn1nc(C(F)F)c2c1C(F)(F)[C@@H]1C2[C@@H]1C. The van der Waals surface area contributed by atoms with Gasteiger partial charge < -0.3 is 4.74 Å². The van der Waals surface area contributed by atoms with Crippen LogP contribution in [0.5, 0.6) is 0 Å². The topological polar surface area (TPSA) is 44.1 Å². The van der Waals surface area contributed by atoms with Crippen LogP contribution < -0.4 is 0 Å². The number of alkyl halides is 4. The molecule has 1 aromatic heterocycles. The Labute approximate surface area is 118 Å². The summed E-state index contributed by atoms with van der Waals surface area (Å²) in [6.45, 7) is 2.70. The first-order valence-corrected chi connectivity index (χ1v) is 6.73. The van der Waals surface area contributed by atoms with Crippen LogP contribution in [0.15, 0.2) is 0 Å². The van der Waals surface area contributed by atoms with Gasteiger partial charge in [-0.25, -0.2) is 8.78 Å². The number of hydrogen-bond acceptors (Lipinski definition) is 3. The lowest BCUT2D eigenvalue weighted by Gasteiger charge is -2.16. The average molecular weight is 306 g/mol. The summed E-state index contributed by atoms with van der Waals surface area (Å²) in [6.07, 6.45) is -2.94. The highest BCUT2D eigenvalue weighted by Crippen LogP contribution is 2.71. The van der Waals surface area contributed by atoms with Gasteiger partial charge in [-0.2, -0.15) is 13.9 Å². The number of carbonyl (C=O) groups excluding carboxylic acids is 1. The molecule has 2 aliphatic carbocycles. The maximum atomic E-state index is 14.3. The normalized spacial score (nSPS) is 28.4. The number of esters is 1. The Morgan fingerprint density at radius 2 is 2.14 bits per heavy atom. The van der Waals surface area contributed by atoms with E-state index >= 15 is 0 Å². The zero-order chi connectivity index (χ0) is 15.5. The van der Waals surface area contributed by atoms with Crippen molar-refractivity contribution >= 4 is 5.97 Å². The molecule has 1 saturated carbocycles. The van der Waals surface area contributed by atoms with Gasteiger partial charge in [0, 0.05) is 17.4 Å². The van der Waals surface area contributed by atoms with Gasteiger partial charge in [-0.1, -0.05) is 6.92 Å². The summed E-state index contributed by atoms with van der Waals surface area (Å²) in [5.74, 6) is -5.89. The number of fused-ring (bicyclic) bond motifs is 3. The molecule has 1 heterocycles. The van der Waals surface area contributed by atoms with Crippen LogP contribution in [0, 0.1) is 11.8 Å². The average Bonchev–Trinajstić information content (AvgIpc) is 2.77. The van der Waals surface area contributed by atoms with E-state index in [1.807, 2.05) is 0 Å². The molecule has 3 rings (SSSR count). The van der Waals surface area contributed by atoms with Gasteiger partial charge in [-0.3, -0.25) is 9.48 Å². The first kappa shape index (κ1) is 14.3. The molecule has 0 amide bonds. The number of nitrogens with zero attached hydrogens (tertiary/aromatic N) is 2. The first-order valence-electron chi connectivity index (χ1n) is 6.73. The Kier molecular flexibility index (Phi) is 3.04. The summed E-state index contributed by atoms with van der Waals surface area (Å²) in [4.78, 5) is 11.4. The van der Waals surface area contributed by atoms with E-state index in [0.29, 0.717) is 4.68 Å². The van der Waals surface area contributed by atoms with Crippen LogP contribution in [0.25, 0.3) is 0 Å². The van der Waals surface area contributed by atoms with Crippen LogP contribution in [-0.2, 0) is 22.0 Å². The third kappa shape index (κ3) is 1.87. The fourth-order valence-corrected chi connectivity index (χ4v) is 3.40. The second-order valence-electron chi connectivity index (χ2n) is 5.44. The summed E-state index contributed by atoms with van der Waals surface area (Å²) in [6, 6.07) is 0. The summed E-state index contributed by atoms with van der Waals surface area (Å²) in [7, 11) is 0. The Morgan fingerprint density at radius 3 is 2.71 bits per heavy atom. The van der Waals surface area contributed by atoms with Gasteiger partial charge >= 0.3 is 5.97 Å². The maximum absolute atomic E-state index is 14.3. The smallest absolute Gasteiger partial charge is 0.327 e. The van der Waals surface area contributed by atoms with E-state index in [0.717, 1.165) is 0 Å². The van der Waals surface area contributed by atoms with Crippen LogP contribution in [0.4, 0.5) is 17.6 Å². The Bertz CT molecular complexity index is 599. The Morgan fingerprint density at radius 1 is 1.48 bits per heavy atom. The molecule has 0 aliphatic heterocycles. The van der Waals surface area contributed by atoms with Crippen LogP contribution in [0.3, 0.4) is 0 Å². The second-order valence-corrected chi connectivity index (χ2v) is 5.44. The maximum Gasteiger partial charge on any atom is 0.327 e. The number of rotatable bonds is 4. The molecule has 0 spiro atoms. The van der Waals surface area contributed by atoms with E-state index in [4.69, 9.17) is 0 Å². The van der Waals surface area contributed by atoms with Crippen molar-refractivity contribution in [1.29, 1.82) is 0 Å². The van der Waals surface area contributed by atoms with Crippen molar-refractivity contribution in [1.82, 2.24) is 9.78 Å². The van der Waals surface area contributed by atoms with E-state index in [1.54, 1.807) is 13.8 Å². The predicted molar refractivity (Wildman–Crippen MR) is 63.1 cm³/mol. The molecule has 4 nitrogen and oxygen atoms in total. The zero-order valence-corrected chi connectivity index (χ0v) is 11.4. The Hall–Kier alpha value is -1.60. The van der Waals surface area contributed by atoms with Gasteiger partial charge in [0.05, 0.1) is 6.61 Å². The molecule has 21 heavy (non-hydrogen) atoms. The van der Waals surface area contributed by atoms with Gasteiger partial charge in [0.2, 0.25) is 0 Å². The summed E-state index contributed by atoms with van der Waals surface area (Å²) in [5, 5.41) is 3.55. The van der Waals surface area contributed by atoms with Gasteiger partial charge in [0.15, 0.2) is 0 Å². The predicted octanol–water partition coefficient (Wildman–Crippen LogP) is 2.84. The van der Waals surface area contributed by atoms with E-state index in [9.17, 15) is 22.4 Å². The van der Waals surface area contributed by atoms with Crippen molar-refractivity contribution in [2.24, 2.45) is 11.8 Å². The molecular formula is C13H14F4N2O2. The van der Waals surface area contributed by atoms with E-state index < -0.39 is 48.1 Å². The Balaban J connectivity index is 2.04. The summed E-state index contributed by atoms with van der Waals surface area (Å²) >= 11 is 0. The number of ether oxygens (including phenoxy) is 1. The van der Waals surface area contributed by atoms with Crippen molar-refractivity contribution < 1.29 is 27.1 Å². The van der Waals surface area contributed by atoms with E-state index in [-0.39, 0.29) is 18.1 Å². The van der Waals surface area contributed by atoms with Gasteiger partial charge in [0.1, 0.15) is 17.9 Å². The van der Waals surface area contributed by atoms with Crippen molar-refractivity contribution in [3.8, 4) is 0 Å². The molecule has 0 N–H and O–H groups in total. The third-order valence-electron chi connectivity index (χ3n) is 4.26. The van der Waals surface area contributed by atoms with Gasteiger partial charge in [0.25, 0.3) is 12.3 Å². The van der Waals surface area contributed by atoms with Crippen LogP contribution >= 0.6 is 0 Å². The lowest BCUT2D eigenvalue weighted by Crippen LogP contribution is -2.24. The summed E-state index contributed by atoms with van der Waals surface area (Å²) < 4.78 is 60.1. The lowest BCUT2D eigenvalue weighted by atomic mass is 10.1. The molecule has 1 fully saturated rings.